The Hall–Kier alpha value is -2.48. The Morgan fingerprint density at radius 3 is 2.59 bits per heavy atom. The molecule has 2 heterocycles. The first-order valence-corrected chi connectivity index (χ1v) is 10.8. The molecule has 1 aromatic carbocycles. The number of aliphatic imine (C=N–C) groups is 1. The summed E-state index contributed by atoms with van der Waals surface area (Å²) >= 11 is 1.72. The maximum atomic E-state index is 5.40. The number of hydrogen-bond donors (Lipinski definition) is 2. The highest BCUT2D eigenvalue weighted by atomic mass is 32.1. The molecule has 158 valence electrons. The molecule has 1 atom stereocenters. The zero-order valence-corrected chi connectivity index (χ0v) is 18.7. The van der Waals surface area contributed by atoms with Gasteiger partial charge in [0.1, 0.15) is 11.5 Å². The van der Waals surface area contributed by atoms with E-state index in [9.17, 15) is 0 Å². The second-order valence-corrected chi connectivity index (χ2v) is 8.29. The first-order chi connectivity index (χ1) is 14.0. The molecule has 1 aliphatic rings. The molecule has 2 N–H and O–H groups in total. The minimum absolute atomic E-state index is 0.319. The lowest BCUT2D eigenvalue weighted by molar-refractivity contribution is 0.394. The van der Waals surface area contributed by atoms with Crippen LogP contribution in [-0.4, -0.2) is 51.3 Å². The molecule has 2 aromatic rings. The van der Waals surface area contributed by atoms with E-state index in [2.05, 4.69) is 44.7 Å². The van der Waals surface area contributed by atoms with Crippen molar-refractivity contribution in [2.75, 3.05) is 39.3 Å². The molecule has 0 bridgehead atoms. The number of rotatable bonds is 7. The van der Waals surface area contributed by atoms with Crippen molar-refractivity contribution < 1.29 is 9.47 Å². The predicted molar refractivity (Wildman–Crippen MR) is 120 cm³/mol. The van der Waals surface area contributed by atoms with Gasteiger partial charge >= 0.3 is 0 Å². The Morgan fingerprint density at radius 2 is 2.00 bits per heavy atom. The molecule has 0 amide bonds. The zero-order valence-electron chi connectivity index (χ0n) is 17.9. The van der Waals surface area contributed by atoms with Gasteiger partial charge in [0.25, 0.3) is 0 Å². The Kier molecular flexibility index (Phi) is 7.19. The summed E-state index contributed by atoms with van der Waals surface area (Å²) in [4.78, 5) is 11.4. The Bertz CT molecular complexity index is 814. The van der Waals surface area contributed by atoms with Crippen LogP contribution in [0, 0.1) is 0 Å². The van der Waals surface area contributed by atoms with Gasteiger partial charge in [0.2, 0.25) is 0 Å². The van der Waals surface area contributed by atoms with E-state index >= 15 is 0 Å². The maximum absolute atomic E-state index is 5.40. The molecule has 3 rings (SSSR count). The van der Waals surface area contributed by atoms with Gasteiger partial charge in [-0.2, -0.15) is 0 Å². The second-order valence-electron chi connectivity index (χ2n) is 7.40. The van der Waals surface area contributed by atoms with E-state index in [0.29, 0.717) is 18.5 Å². The van der Waals surface area contributed by atoms with Crippen LogP contribution in [0.5, 0.6) is 11.5 Å². The predicted octanol–water partition coefficient (Wildman–Crippen LogP) is 3.23. The van der Waals surface area contributed by atoms with E-state index in [1.165, 1.54) is 5.01 Å². The standard InChI is InChI=1S/C21H31N5O2S/c1-14(2)20-24-16(13-29-20)11-23-21(22-3)25-15-6-7-26(12-15)17-8-18(27-4)10-19(9-17)28-5/h8-10,13-15H,6-7,11-12H2,1-5H3,(H2,22,23,25). The average molecular weight is 418 g/mol. The summed E-state index contributed by atoms with van der Waals surface area (Å²) in [6.45, 7) is 6.87. The van der Waals surface area contributed by atoms with Crippen molar-refractivity contribution in [3.8, 4) is 11.5 Å². The van der Waals surface area contributed by atoms with Crippen LogP contribution in [0.4, 0.5) is 5.69 Å². The van der Waals surface area contributed by atoms with Crippen molar-refractivity contribution >= 4 is 23.0 Å². The summed E-state index contributed by atoms with van der Waals surface area (Å²) in [5.74, 6) is 2.87. The molecule has 29 heavy (non-hydrogen) atoms. The molecule has 0 saturated carbocycles. The van der Waals surface area contributed by atoms with Gasteiger partial charge < -0.3 is 25.0 Å². The van der Waals surface area contributed by atoms with Gasteiger partial charge in [0.15, 0.2) is 5.96 Å². The summed E-state index contributed by atoms with van der Waals surface area (Å²) in [5, 5.41) is 10.2. The molecular formula is C21H31N5O2S. The van der Waals surface area contributed by atoms with Crippen LogP contribution in [0.1, 0.15) is 36.9 Å². The lowest BCUT2D eigenvalue weighted by atomic mass is 10.2. The number of methoxy groups -OCH3 is 2. The Balaban J connectivity index is 1.55. The SMILES string of the molecule is CN=C(NCc1csc(C(C)C)n1)NC1CCN(c2cc(OC)cc(OC)c2)C1. The monoisotopic (exact) mass is 417 g/mol. The van der Waals surface area contributed by atoms with Gasteiger partial charge in [-0.05, 0) is 6.42 Å². The molecule has 0 aliphatic carbocycles. The number of aromatic nitrogens is 1. The van der Waals surface area contributed by atoms with Crippen molar-refractivity contribution in [1.82, 2.24) is 15.6 Å². The summed E-state index contributed by atoms with van der Waals surface area (Å²) < 4.78 is 10.8. The number of anilines is 1. The third kappa shape index (κ3) is 5.53. The fraction of sp³-hybridized carbons (Fsp3) is 0.524. The first-order valence-electron chi connectivity index (χ1n) is 9.92. The van der Waals surface area contributed by atoms with Crippen molar-refractivity contribution in [3.63, 3.8) is 0 Å². The van der Waals surface area contributed by atoms with E-state index in [1.54, 1.807) is 32.6 Å². The van der Waals surface area contributed by atoms with Gasteiger partial charge in [-0.15, -0.1) is 11.3 Å². The summed E-state index contributed by atoms with van der Waals surface area (Å²) in [6.07, 6.45) is 1.04. The van der Waals surface area contributed by atoms with Crippen LogP contribution in [0.25, 0.3) is 0 Å². The Labute approximate surface area is 177 Å². The van der Waals surface area contributed by atoms with Crippen molar-refractivity contribution in [2.45, 2.75) is 38.8 Å². The number of nitrogens with one attached hydrogen (secondary N) is 2. The highest BCUT2D eigenvalue weighted by Crippen LogP contribution is 2.30. The molecule has 0 spiro atoms. The van der Waals surface area contributed by atoms with Gasteiger partial charge in [0.05, 0.1) is 31.5 Å². The van der Waals surface area contributed by atoms with E-state index in [4.69, 9.17) is 9.47 Å². The van der Waals surface area contributed by atoms with Gasteiger partial charge in [0, 0.05) is 61.4 Å². The summed E-state index contributed by atoms with van der Waals surface area (Å²) in [7, 11) is 5.15. The second kappa shape index (κ2) is 9.82. The van der Waals surface area contributed by atoms with Crippen LogP contribution in [0.2, 0.25) is 0 Å². The molecular weight excluding hydrogens is 386 g/mol. The van der Waals surface area contributed by atoms with Gasteiger partial charge in [-0.3, -0.25) is 4.99 Å². The highest BCUT2D eigenvalue weighted by Gasteiger charge is 2.24. The normalized spacial score (nSPS) is 17.0. The van der Waals surface area contributed by atoms with Crippen molar-refractivity contribution in [2.24, 2.45) is 4.99 Å². The number of guanidine groups is 1. The molecule has 1 aromatic heterocycles. The number of thiazole rings is 1. The molecule has 1 saturated heterocycles. The smallest absolute Gasteiger partial charge is 0.191 e. The Morgan fingerprint density at radius 1 is 1.28 bits per heavy atom. The van der Waals surface area contributed by atoms with Crippen LogP contribution in [0.15, 0.2) is 28.6 Å². The maximum Gasteiger partial charge on any atom is 0.191 e. The highest BCUT2D eigenvalue weighted by molar-refractivity contribution is 7.09. The number of hydrogen-bond acceptors (Lipinski definition) is 6. The summed E-state index contributed by atoms with van der Waals surface area (Å²) in [5.41, 5.74) is 2.16. The molecule has 1 unspecified atom stereocenters. The lowest BCUT2D eigenvalue weighted by Gasteiger charge is -2.21. The van der Waals surface area contributed by atoms with Crippen LogP contribution in [-0.2, 0) is 6.54 Å². The largest absolute Gasteiger partial charge is 0.497 e. The van der Waals surface area contributed by atoms with E-state index in [0.717, 1.165) is 48.4 Å². The first kappa shape index (κ1) is 21.2. The van der Waals surface area contributed by atoms with E-state index in [-0.39, 0.29) is 0 Å². The lowest BCUT2D eigenvalue weighted by Crippen LogP contribution is -2.44. The molecule has 7 nitrogen and oxygen atoms in total. The summed E-state index contributed by atoms with van der Waals surface area (Å²) in [6, 6.07) is 6.31. The third-order valence-corrected chi connectivity index (χ3v) is 6.15. The fourth-order valence-corrected chi connectivity index (χ4v) is 4.15. The van der Waals surface area contributed by atoms with E-state index < -0.39 is 0 Å². The minimum Gasteiger partial charge on any atom is -0.497 e. The fourth-order valence-electron chi connectivity index (χ4n) is 3.32. The minimum atomic E-state index is 0.319. The van der Waals surface area contributed by atoms with Gasteiger partial charge in [-0.25, -0.2) is 4.98 Å². The number of nitrogens with zero attached hydrogens (tertiary/aromatic N) is 3. The topological polar surface area (TPSA) is 71.0 Å². The molecule has 1 fully saturated rings. The van der Waals surface area contributed by atoms with Crippen LogP contribution < -0.4 is 25.0 Å². The zero-order chi connectivity index (χ0) is 20.8. The van der Waals surface area contributed by atoms with Crippen LogP contribution in [0.3, 0.4) is 0 Å². The van der Waals surface area contributed by atoms with Crippen molar-refractivity contribution in [3.05, 3.63) is 34.3 Å². The molecule has 8 heteroatoms. The number of ether oxygens (including phenoxy) is 2. The van der Waals surface area contributed by atoms with Crippen molar-refractivity contribution in [1.29, 1.82) is 0 Å². The quantitative estimate of drug-likeness (QED) is 0.532. The van der Waals surface area contributed by atoms with Crippen LogP contribution >= 0.6 is 11.3 Å². The number of benzene rings is 1. The molecule has 1 aliphatic heterocycles. The third-order valence-electron chi connectivity index (χ3n) is 4.95. The molecule has 0 radical (unpaired) electrons. The van der Waals surface area contributed by atoms with E-state index in [1.807, 2.05) is 18.2 Å². The average Bonchev–Trinajstić information content (AvgIpc) is 3.40. The van der Waals surface area contributed by atoms with Gasteiger partial charge in [-0.1, -0.05) is 13.8 Å².